The van der Waals surface area contributed by atoms with Crippen LogP contribution in [0, 0.1) is 0 Å². The van der Waals surface area contributed by atoms with Crippen molar-refractivity contribution in [2.75, 3.05) is 13.2 Å². The van der Waals surface area contributed by atoms with Crippen LogP contribution < -0.4 is 0 Å². The maximum absolute atomic E-state index is 5.30. The Labute approximate surface area is 86.0 Å². The molecule has 72 valence electrons. The van der Waals surface area contributed by atoms with E-state index in [2.05, 4.69) is 9.59 Å². The van der Waals surface area contributed by atoms with Gasteiger partial charge in [-0.3, -0.25) is 0 Å². The first-order chi connectivity index (χ1) is 6.45. The van der Waals surface area contributed by atoms with E-state index in [4.69, 9.17) is 4.74 Å². The summed E-state index contributed by atoms with van der Waals surface area (Å²) in [5.74, 6) is 1.00. The van der Waals surface area contributed by atoms with Gasteiger partial charge < -0.3 is 4.74 Å². The largest absolute Gasteiger partial charge is 0.381 e. The highest BCUT2D eigenvalue weighted by molar-refractivity contribution is 7.99. The van der Waals surface area contributed by atoms with Gasteiger partial charge in [0.1, 0.15) is 0 Å². The Morgan fingerprint density at radius 1 is 1.54 bits per heavy atom. The van der Waals surface area contributed by atoms with E-state index in [9.17, 15) is 0 Å². The van der Waals surface area contributed by atoms with Crippen LogP contribution >= 0.6 is 23.3 Å². The summed E-state index contributed by atoms with van der Waals surface area (Å²) in [6, 6.07) is 0. The molecule has 0 spiro atoms. The van der Waals surface area contributed by atoms with E-state index < -0.39 is 0 Å². The molecule has 2 heterocycles. The van der Waals surface area contributed by atoms with Gasteiger partial charge in [0.2, 0.25) is 0 Å². The Morgan fingerprint density at radius 2 is 2.38 bits per heavy atom. The van der Waals surface area contributed by atoms with Crippen molar-refractivity contribution >= 4 is 23.3 Å². The molecule has 1 aromatic heterocycles. The molecule has 0 bridgehead atoms. The average molecular weight is 216 g/mol. The summed E-state index contributed by atoms with van der Waals surface area (Å²) in [7, 11) is 0. The highest BCUT2D eigenvalue weighted by Gasteiger charge is 2.14. The van der Waals surface area contributed by atoms with Crippen LogP contribution in [0.15, 0.2) is 5.38 Å². The Balaban J connectivity index is 1.72. The Hall–Kier alpha value is -0.130. The van der Waals surface area contributed by atoms with Crippen LogP contribution in [0.2, 0.25) is 0 Å². The quantitative estimate of drug-likeness (QED) is 0.773. The summed E-state index contributed by atoms with van der Waals surface area (Å²) in [6.45, 7) is 1.85. The lowest BCUT2D eigenvalue weighted by molar-refractivity contribution is 0.1000. The zero-order valence-electron chi connectivity index (χ0n) is 7.31. The zero-order chi connectivity index (χ0) is 8.93. The number of thioether (sulfide) groups is 1. The summed E-state index contributed by atoms with van der Waals surface area (Å²) in [4.78, 5) is 0. The fourth-order valence-electron chi connectivity index (χ4n) is 1.29. The Morgan fingerprint density at radius 3 is 3.08 bits per heavy atom. The van der Waals surface area contributed by atoms with Gasteiger partial charge in [-0.1, -0.05) is 4.49 Å². The van der Waals surface area contributed by atoms with Crippen LogP contribution in [0.4, 0.5) is 0 Å². The first kappa shape index (κ1) is 9.43. The normalized spacial score (nSPS) is 19.1. The number of nitrogens with zero attached hydrogens (tertiary/aromatic N) is 2. The number of rotatable bonds is 3. The van der Waals surface area contributed by atoms with Crippen molar-refractivity contribution < 1.29 is 4.74 Å². The number of aromatic nitrogens is 2. The molecule has 0 aromatic carbocycles. The number of ether oxygens (including phenoxy) is 1. The van der Waals surface area contributed by atoms with Crippen molar-refractivity contribution in [2.24, 2.45) is 0 Å². The van der Waals surface area contributed by atoms with E-state index in [0.29, 0.717) is 0 Å². The third kappa shape index (κ3) is 2.93. The number of hydrogen-bond donors (Lipinski definition) is 0. The Bertz CT molecular complexity index is 234. The first-order valence-electron chi connectivity index (χ1n) is 4.40. The maximum atomic E-state index is 5.30. The third-order valence-electron chi connectivity index (χ3n) is 2.04. The molecule has 13 heavy (non-hydrogen) atoms. The van der Waals surface area contributed by atoms with Crippen LogP contribution in [0.25, 0.3) is 0 Å². The van der Waals surface area contributed by atoms with Crippen molar-refractivity contribution in [3.63, 3.8) is 0 Å². The van der Waals surface area contributed by atoms with Crippen LogP contribution in [-0.2, 0) is 10.5 Å². The van der Waals surface area contributed by atoms with Crippen LogP contribution in [0.3, 0.4) is 0 Å². The van der Waals surface area contributed by atoms with Gasteiger partial charge in [-0.15, -0.1) is 5.10 Å². The molecule has 0 atom stereocenters. The van der Waals surface area contributed by atoms with E-state index in [1.165, 1.54) is 24.4 Å². The summed E-state index contributed by atoms with van der Waals surface area (Å²) < 4.78 is 9.14. The van der Waals surface area contributed by atoms with Gasteiger partial charge in [-0.05, 0) is 24.4 Å². The molecule has 1 fully saturated rings. The summed E-state index contributed by atoms with van der Waals surface area (Å²) >= 11 is 3.41. The van der Waals surface area contributed by atoms with Crippen molar-refractivity contribution in [1.82, 2.24) is 9.59 Å². The molecule has 0 saturated carbocycles. The third-order valence-corrected chi connectivity index (χ3v) is 4.00. The monoisotopic (exact) mass is 216 g/mol. The second-order valence-electron chi connectivity index (χ2n) is 3.02. The van der Waals surface area contributed by atoms with Gasteiger partial charge >= 0.3 is 0 Å². The highest BCUT2D eigenvalue weighted by Crippen LogP contribution is 2.24. The second kappa shape index (κ2) is 4.93. The van der Waals surface area contributed by atoms with Crippen LogP contribution in [0.1, 0.15) is 18.5 Å². The smallest absolute Gasteiger partial charge is 0.0854 e. The van der Waals surface area contributed by atoms with E-state index in [0.717, 1.165) is 29.9 Å². The van der Waals surface area contributed by atoms with Crippen molar-refractivity contribution in [2.45, 2.75) is 23.8 Å². The maximum Gasteiger partial charge on any atom is 0.0854 e. The molecule has 3 nitrogen and oxygen atoms in total. The lowest BCUT2D eigenvalue weighted by Gasteiger charge is -2.20. The van der Waals surface area contributed by atoms with Gasteiger partial charge in [0.15, 0.2) is 0 Å². The standard InChI is InChI=1S/C8H12N2OS2/c1-3-11-4-2-8(1)12-5-7-6-13-10-9-7/h6,8H,1-5H2. The molecule has 1 aromatic rings. The fraction of sp³-hybridized carbons (Fsp3) is 0.750. The molecule has 0 amide bonds. The van der Waals surface area contributed by atoms with Gasteiger partial charge in [0.05, 0.1) is 5.69 Å². The van der Waals surface area contributed by atoms with Crippen molar-refractivity contribution in [3.8, 4) is 0 Å². The van der Waals surface area contributed by atoms with Gasteiger partial charge in [0.25, 0.3) is 0 Å². The topological polar surface area (TPSA) is 35.0 Å². The molecular weight excluding hydrogens is 204 g/mol. The lowest BCUT2D eigenvalue weighted by atomic mass is 10.2. The van der Waals surface area contributed by atoms with E-state index in [1.807, 2.05) is 17.1 Å². The SMILES string of the molecule is c1snnc1CSC1CCOCC1. The predicted molar refractivity (Wildman–Crippen MR) is 55.0 cm³/mol. The summed E-state index contributed by atoms with van der Waals surface area (Å²) in [5, 5.41) is 6.80. The summed E-state index contributed by atoms with van der Waals surface area (Å²) in [5.41, 5.74) is 1.11. The molecule has 2 rings (SSSR count). The van der Waals surface area contributed by atoms with Crippen LogP contribution in [0.5, 0.6) is 0 Å². The van der Waals surface area contributed by atoms with E-state index in [-0.39, 0.29) is 0 Å². The minimum Gasteiger partial charge on any atom is -0.381 e. The molecule has 0 aliphatic carbocycles. The first-order valence-corrected chi connectivity index (χ1v) is 6.29. The fourth-order valence-corrected chi connectivity index (χ4v) is 2.92. The zero-order valence-corrected chi connectivity index (χ0v) is 8.94. The average Bonchev–Trinajstić information content (AvgIpc) is 2.69. The lowest BCUT2D eigenvalue weighted by Crippen LogP contribution is -2.17. The van der Waals surface area contributed by atoms with Crippen molar-refractivity contribution in [3.05, 3.63) is 11.1 Å². The molecule has 0 radical (unpaired) electrons. The minimum atomic E-state index is 0.760. The molecular formula is C8H12N2OS2. The van der Waals surface area contributed by atoms with Crippen LogP contribution in [-0.4, -0.2) is 28.1 Å². The van der Waals surface area contributed by atoms with E-state index >= 15 is 0 Å². The molecule has 1 saturated heterocycles. The second-order valence-corrected chi connectivity index (χ2v) is 4.92. The molecule has 0 unspecified atom stereocenters. The molecule has 0 N–H and O–H groups in total. The molecule has 1 aliphatic heterocycles. The van der Waals surface area contributed by atoms with Crippen molar-refractivity contribution in [1.29, 1.82) is 0 Å². The molecule has 1 aliphatic rings. The van der Waals surface area contributed by atoms with E-state index in [1.54, 1.807) is 0 Å². The number of hydrogen-bond acceptors (Lipinski definition) is 5. The Kier molecular flexibility index (Phi) is 3.57. The minimum absolute atomic E-state index is 0.760. The summed E-state index contributed by atoms with van der Waals surface area (Å²) in [6.07, 6.45) is 2.37. The van der Waals surface area contributed by atoms with Gasteiger partial charge in [0, 0.05) is 29.6 Å². The van der Waals surface area contributed by atoms with Gasteiger partial charge in [-0.2, -0.15) is 11.8 Å². The molecule has 5 heteroatoms. The predicted octanol–water partition coefficient (Wildman–Crippen LogP) is 1.95. The highest BCUT2D eigenvalue weighted by atomic mass is 32.2. The van der Waals surface area contributed by atoms with Gasteiger partial charge in [-0.25, -0.2) is 0 Å².